The van der Waals surface area contributed by atoms with E-state index >= 15 is 0 Å². The lowest BCUT2D eigenvalue weighted by Gasteiger charge is -2.72. The van der Waals surface area contributed by atoms with Crippen LogP contribution in [0.3, 0.4) is 0 Å². The zero-order valence-electron chi connectivity index (χ0n) is 18.8. The number of carbonyl (C=O) groups excluding carboxylic acids is 1. The van der Waals surface area contributed by atoms with E-state index in [1.807, 2.05) is 36.4 Å². The number of rotatable bonds is 6. The molecule has 3 aromatic rings. The van der Waals surface area contributed by atoms with Crippen molar-refractivity contribution in [3.05, 3.63) is 94.3 Å². The number of ether oxygens (including phenoxy) is 1. The van der Waals surface area contributed by atoms with Crippen LogP contribution in [0.2, 0.25) is 5.02 Å². The van der Waals surface area contributed by atoms with Crippen LogP contribution in [0.1, 0.15) is 41.9 Å². The van der Waals surface area contributed by atoms with Crippen LogP contribution >= 0.6 is 11.6 Å². The third-order valence-electron chi connectivity index (χ3n) is 8.03. The van der Waals surface area contributed by atoms with Crippen molar-refractivity contribution in [2.45, 2.75) is 36.6 Å². The van der Waals surface area contributed by atoms with Gasteiger partial charge >= 0.3 is 12.1 Å². The molecular formula is C28H23ClFNO4. The lowest BCUT2D eigenvalue weighted by molar-refractivity contribution is -0.183. The second kappa shape index (κ2) is 7.82. The van der Waals surface area contributed by atoms with Crippen LogP contribution < -0.4 is 5.32 Å². The smallest absolute Gasteiger partial charge is 0.407 e. The highest BCUT2D eigenvalue weighted by Crippen LogP contribution is 2.75. The van der Waals surface area contributed by atoms with Crippen molar-refractivity contribution >= 4 is 23.7 Å². The number of alkyl carbamates (subject to hydrolysis) is 1. The molecule has 2 bridgehead atoms. The molecule has 1 atom stereocenters. The van der Waals surface area contributed by atoms with Crippen molar-refractivity contribution in [3.63, 3.8) is 0 Å². The molecule has 3 fully saturated rings. The summed E-state index contributed by atoms with van der Waals surface area (Å²) in [4.78, 5) is 24.8. The van der Waals surface area contributed by atoms with Gasteiger partial charge in [-0.3, -0.25) is 0 Å². The molecule has 3 saturated carbocycles. The number of benzene rings is 3. The van der Waals surface area contributed by atoms with E-state index in [2.05, 4.69) is 17.4 Å². The van der Waals surface area contributed by atoms with Crippen LogP contribution in [-0.2, 0) is 14.9 Å². The summed E-state index contributed by atoms with van der Waals surface area (Å²) in [5.74, 6) is -1.61. The van der Waals surface area contributed by atoms with E-state index in [9.17, 15) is 19.1 Å². The van der Waals surface area contributed by atoms with E-state index in [-0.39, 0.29) is 18.3 Å². The summed E-state index contributed by atoms with van der Waals surface area (Å²) in [6.07, 6.45) is 0.617. The number of carboxylic acid groups (broad SMARTS) is 1. The van der Waals surface area contributed by atoms with E-state index in [0.29, 0.717) is 29.8 Å². The molecule has 7 rings (SSSR count). The summed E-state index contributed by atoms with van der Waals surface area (Å²) in [5.41, 5.74) is 3.77. The van der Waals surface area contributed by atoms with Gasteiger partial charge in [-0.2, -0.15) is 0 Å². The largest absolute Gasteiger partial charge is 0.480 e. The standard InChI is InChI=1S/C28H23ClFNO4/c29-21-10-5-11-22(30)23(21)27-13-28(14-27,15-27)24(25(32)33)31-26(34)35-12-20-18-8-3-1-6-16(18)17-7-2-4-9-19(17)20/h1-11,20,24H,12-15H2,(H,31,34)(H,32,33). The van der Waals surface area contributed by atoms with Crippen LogP contribution in [-0.4, -0.2) is 29.8 Å². The average molecular weight is 492 g/mol. The second-order valence-electron chi connectivity index (χ2n) is 10.0. The molecule has 5 nitrogen and oxygen atoms in total. The first kappa shape index (κ1) is 22.1. The van der Waals surface area contributed by atoms with Crippen molar-refractivity contribution in [2.75, 3.05) is 6.61 Å². The first-order valence-corrected chi connectivity index (χ1v) is 12.0. The lowest BCUT2D eigenvalue weighted by Crippen LogP contribution is -2.73. The van der Waals surface area contributed by atoms with Gasteiger partial charge in [-0.05, 0) is 53.6 Å². The summed E-state index contributed by atoms with van der Waals surface area (Å²) in [6, 6.07) is 19.5. The first-order chi connectivity index (χ1) is 16.8. The summed E-state index contributed by atoms with van der Waals surface area (Å²) in [5, 5.41) is 12.8. The molecule has 0 aliphatic heterocycles. The Morgan fingerprint density at radius 1 is 1.00 bits per heavy atom. The lowest BCUT2D eigenvalue weighted by atomic mass is 9.31. The van der Waals surface area contributed by atoms with Crippen LogP contribution in [0.15, 0.2) is 66.7 Å². The maximum absolute atomic E-state index is 14.5. The molecule has 4 aliphatic carbocycles. The Balaban J connectivity index is 1.14. The molecular weight excluding hydrogens is 469 g/mol. The Morgan fingerprint density at radius 3 is 2.17 bits per heavy atom. The van der Waals surface area contributed by atoms with E-state index in [1.54, 1.807) is 12.1 Å². The first-order valence-electron chi connectivity index (χ1n) is 11.6. The molecule has 1 unspecified atom stereocenters. The molecule has 2 N–H and O–H groups in total. The van der Waals surface area contributed by atoms with Gasteiger partial charge in [0.2, 0.25) is 0 Å². The van der Waals surface area contributed by atoms with Gasteiger partial charge in [0, 0.05) is 27.3 Å². The summed E-state index contributed by atoms with van der Waals surface area (Å²) in [7, 11) is 0. The molecule has 0 radical (unpaired) electrons. The number of hydrogen-bond donors (Lipinski definition) is 2. The van der Waals surface area contributed by atoms with E-state index in [0.717, 1.165) is 22.3 Å². The molecule has 7 heteroatoms. The number of fused-ring (bicyclic) bond motifs is 3. The molecule has 0 saturated heterocycles. The number of carbonyl (C=O) groups is 2. The van der Waals surface area contributed by atoms with Crippen molar-refractivity contribution in [1.29, 1.82) is 0 Å². The van der Waals surface area contributed by atoms with E-state index in [1.165, 1.54) is 6.07 Å². The molecule has 0 spiro atoms. The van der Waals surface area contributed by atoms with Crippen LogP contribution in [0.4, 0.5) is 9.18 Å². The van der Waals surface area contributed by atoms with Gasteiger partial charge in [0.05, 0.1) is 0 Å². The molecule has 3 aromatic carbocycles. The van der Waals surface area contributed by atoms with Crippen molar-refractivity contribution in [3.8, 4) is 11.1 Å². The Bertz CT molecular complexity index is 1290. The van der Waals surface area contributed by atoms with Crippen molar-refractivity contribution in [1.82, 2.24) is 5.32 Å². The van der Waals surface area contributed by atoms with Gasteiger partial charge in [-0.25, -0.2) is 14.0 Å². The number of nitrogens with one attached hydrogen (secondary N) is 1. The van der Waals surface area contributed by atoms with E-state index < -0.39 is 28.9 Å². The number of aliphatic carboxylic acids is 1. The maximum Gasteiger partial charge on any atom is 0.407 e. The highest BCUT2D eigenvalue weighted by Gasteiger charge is 2.73. The van der Waals surface area contributed by atoms with Crippen LogP contribution in [0.5, 0.6) is 0 Å². The highest BCUT2D eigenvalue weighted by molar-refractivity contribution is 6.31. The minimum Gasteiger partial charge on any atom is -0.480 e. The topological polar surface area (TPSA) is 75.6 Å². The predicted octanol–water partition coefficient (Wildman–Crippen LogP) is 5.89. The van der Waals surface area contributed by atoms with Crippen LogP contribution in [0, 0.1) is 11.2 Å². The number of hydrogen-bond acceptors (Lipinski definition) is 3. The van der Waals surface area contributed by atoms with Crippen molar-refractivity contribution in [2.24, 2.45) is 5.41 Å². The molecule has 1 amide bonds. The highest BCUT2D eigenvalue weighted by atomic mass is 35.5. The van der Waals surface area contributed by atoms with Gasteiger partial charge < -0.3 is 15.2 Å². The third-order valence-corrected chi connectivity index (χ3v) is 8.34. The molecule has 0 heterocycles. The van der Waals surface area contributed by atoms with E-state index in [4.69, 9.17) is 16.3 Å². The zero-order chi connectivity index (χ0) is 24.4. The number of carboxylic acids is 1. The minimum absolute atomic E-state index is 0.105. The van der Waals surface area contributed by atoms with Gasteiger partial charge in [0.15, 0.2) is 0 Å². The summed E-state index contributed by atoms with van der Waals surface area (Å²) < 4.78 is 20.0. The van der Waals surface area contributed by atoms with Crippen molar-refractivity contribution < 1.29 is 23.8 Å². The van der Waals surface area contributed by atoms with Gasteiger partial charge in [0.1, 0.15) is 18.5 Å². The number of amides is 1. The second-order valence-corrected chi connectivity index (χ2v) is 10.4. The zero-order valence-corrected chi connectivity index (χ0v) is 19.5. The fourth-order valence-electron chi connectivity index (χ4n) is 6.68. The molecule has 4 aliphatic rings. The Kier molecular flexibility index (Phi) is 4.94. The van der Waals surface area contributed by atoms with Crippen LogP contribution in [0.25, 0.3) is 11.1 Å². The SMILES string of the molecule is O=C(NC(C(=O)O)C12CC(c3c(F)cccc3Cl)(C1)C2)OCC1c2ccccc2-c2ccccc21. The molecule has 178 valence electrons. The maximum atomic E-state index is 14.5. The fourth-order valence-corrected chi connectivity index (χ4v) is 7.04. The number of halogens is 2. The predicted molar refractivity (Wildman–Crippen MR) is 129 cm³/mol. The summed E-state index contributed by atoms with van der Waals surface area (Å²) >= 11 is 6.25. The Hall–Kier alpha value is -3.38. The van der Waals surface area contributed by atoms with Gasteiger partial charge in [-0.1, -0.05) is 66.2 Å². The van der Waals surface area contributed by atoms with Gasteiger partial charge in [0.25, 0.3) is 0 Å². The summed E-state index contributed by atoms with van der Waals surface area (Å²) in [6.45, 7) is 0.105. The quantitative estimate of drug-likeness (QED) is 0.450. The minimum atomic E-state index is -1.12. The average Bonchev–Trinajstić information content (AvgIpc) is 3.10. The monoisotopic (exact) mass is 491 g/mol. The van der Waals surface area contributed by atoms with Gasteiger partial charge in [-0.15, -0.1) is 0 Å². The molecule has 35 heavy (non-hydrogen) atoms. The normalized spacial score (nSPS) is 24.4. The Labute approximate surface area is 206 Å². The Morgan fingerprint density at radius 2 is 1.60 bits per heavy atom. The third kappa shape index (κ3) is 3.27. The fraction of sp³-hybridized carbons (Fsp3) is 0.286. The molecule has 0 aromatic heterocycles.